The van der Waals surface area contributed by atoms with Crippen molar-refractivity contribution >= 4 is 11.7 Å². The lowest BCUT2D eigenvalue weighted by Crippen LogP contribution is -2.32. The van der Waals surface area contributed by atoms with Gasteiger partial charge in [-0.15, -0.1) is 0 Å². The van der Waals surface area contributed by atoms with Gasteiger partial charge in [-0.05, 0) is 26.3 Å². The lowest BCUT2D eigenvalue weighted by molar-refractivity contribution is -0.125. The van der Waals surface area contributed by atoms with E-state index in [0.717, 1.165) is 19.3 Å². The molecule has 1 atom stereocenters. The molecule has 0 aromatic carbocycles. The molecule has 0 fully saturated rings. The van der Waals surface area contributed by atoms with Crippen molar-refractivity contribution in [3.8, 4) is 0 Å². The van der Waals surface area contributed by atoms with Crippen molar-refractivity contribution in [3.05, 3.63) is 0 Å². The van der Waals surface area contributed by atoms with E-state index in [4.69, 9.17) is 24.7 Å². The Morgan fingerprint density at radius 3 is 1.89 bits per heavy atom. The molecular weight excluding hydrogens is 352 g/mol. The van der Waals surface area contributed by atoms with E-state index in [1.807, 2.05) is 6.92 Å². The van der Waals surface area contributed by atoms with E-state index in [1.54, 1.807) is 6.92 Å². The largest absolute Gasteiger partial charge is 0.379 e. The van der Waals surface area contributed by atoms with Crippen molar-refractivity contribution in [3.63, 3.8) is 0 Å². The monoisotopic (exact) mass is 390 g/mol. The van der Waals surface area contributed by atoms with E-state index >= 15 is 0 Å². The van der Waals surface area contributed by atoms with Crippen LogP contribution < -0.4 is 11.1 Å². The van der Waals surface area contributed by atoms with Gasteiger partial charge in [0.1, 0.15) is 5.78 Å². The summed E-state index contributed by atoms with van der Waals surface area (Å²) in [5, 5.41) is 2.87. The SMILES string of the molecule is CC(=O)CCOCCOCCOCCOCCNC(=O)[C@@H](C)CCCCN. The van der Waals surface area contributed by atoms with Crippen molar-refractivity contribution in [2.75, 3.05) is 65.9 Å². The van der Waals surface area contributed by atoms with Crippen LogP contribution in [0.3, 0.4) is 0 Å². The molecule has 0 heterocycles. The van der Waals surface area contributed by atoms with E-state index in [0.29, 0.717) is 72.4 Å². The van der Waals surface area contributed by atoms with Crippen LogP contribution in [-0.4, -0.2) is 77.6 Å². The normalized spacial score (nSPS) is 12.1. The molecule has 0 spiro atoms. The molecule has 160 valence electrons. The summed E-state index contributed by atoms with van der Waals surface area (Å²) in [7, 11) is 0. The summed E-state index contributed by atoms with van der Waals surface area (Å²) in [6.07, 6.45) is 3.25. The highest BCUT2D eigenvalue weighted by Gasteiger charge is 2.11. The highest BCUT2D eigenvalue weighted by molar-refractivity contribution is 5.78. The first-order valence-electron chi connectivity index (χ1n) is 9.86. The summed E-state index contributed by atoms with van der Waals surface area (Å²) in [6, 6.07) is 0. The van der Waals surface area contributed by atoms with E-state index in [9.17, 15) is 9.59 Å². The topological polar surface area (TPSA) is 109 Å². The van der Waals surface area contributed by atoms with Gasteiger partial charge in [0.15, 0.2) is 0 Å². The molecule has 8 heteroatoms. The zero-order valence-electron chi connectivity index (χ0n) is 17.0. The highest BCUT2D eigenvalue weighted by atomic mass is 16.6. The third-order valence-electron chi connectivity index (χ3n) is 3.80. The molecule has 0 aromatic heterocycles. The molecule has 0 saturated carbocycles. The molecule has 0 unspecified atom stereocenters. The molecular formula is C19H38N2O6. The predicted molar refractivity (Wildman–Crippen MR) is 104 cm³/mol. The second-order valence-electron chi connectivity index (χ2n) is 6.38. The number of carbonyl (C=O) groups excluding carboxylic acids is 2. The van der Waals surface area contributed by atoms with E-state index in [-0.39, 0.29) is 17.6 Å². The van der Waals surface area contributed by atoms with Gasteiger partial charge >= 0.3 is 0 Å². The van der Waals surface area contributed by atoms with Gasteiger partial charge in [0, 0.05) is 18.9 Å². The van der Waals surface area contributed by atoms with Crippen LogP contribution in [0.1, 0.15) is 39.5 Å². The van der Waals surface area contributed by atoms with Gasteiger partial charge in [-0.2, -0.15) is 0 Å². The van der Waals surface area contributed by atoms with Crippen LogP contribution in [0.4, 0.5) is 0 Å². The molecule has 3 N–H and O–H groups in total. The van der Waals surface area contributed by atoms with Crippen molar-refractivity contribution in [1.29, 1.82) is 0 Å². The minimum absolute atomic E-state index is 0.0134. The first-order valence-corrected chi connectivity index (χ1v) is 9.86. The van der Waals surface area contributed by atoms with E-state index < -0.39 is 0 Å². The number of amides is 1. The molecule has 0 aliphatic heterocycles. The number of hydrogen-bond donors (Lipinski definition) is 2. The van der Waals surface area contributed by atoms with E-state index in [2.05, 4.69) is 5.32 Å². The summed E-state index contributed by atoms with van der Waals surface area (Å²) in [6.45, 7) is 8.50. The Morgan fingerprint density at radius 2 is 1.37 bits per heavy atom. The van der Waals surface area contributed by atoms with Gasteiger partial charge in [-0.1, -0.05) is 13.3 Å². The molecule has 8 nitrogen and oxygen atoms in total. The van der Waals surface area contributed by atoms with Crippen molar-refractivity contribution in [1.82, 2.24) is 5.32 Å². The Morgan fingerprint density at radius 1 is 0.852 bits per heavy atom. The number of ether oxygens (including phenoxy) is 4. The number of nitrogens with one attached hydrogen (secondary N) is 1. The van der Waals surface area contributed by atoms with Gasteiger partial charge in [0.05, 0.1) is 52.9 Å². The Balaban J connectivity index is 3.22. The van der Waals surface area contributed by atoms with Crippen molar-refractivity contribution in [2.24, 2.45) is 11.7 Å². The van der Waals surface area contributed by atoms with Gasteiger partial charge in [-0.25, -0.2) is 0 Å². The summed E-state index contributed by atoms with van der Waals surface area (Å²) < 4.78 is 21.4. The molecule has 1 amide bonds. The fraction of sp³-hybridized carbons (Fsp3) is 0.895. The summed E-state index contributed by atoms with van der Waals surface area (Å²) in [5.74, 6) is 0.204. The number of nitrogens with two attached hydrogens (primary N) is 1. The zero-order chi connectivity index (χ0) is 20.2. The maximum atomic E-state index is 11.8. The van der Waals surface area contributed by atoms with Crippen molar-refractivity contribution in [2.45, 2.75) is 39.5 Å². The van der Waals surface area contributed by atoms with Crippen LogP contribution in [0, 0.1) is 5.92 Å². The third kappa shape index (κ3) is 19.5. The van der Waals surface area contributed by atoms with Crippen LogP contribution in [0.2, 0.25) is 0 Å². The lowest BCUT2D eigenvalue weighted by Gasteiger charge is -2.12. The van der Waals surface area contributed by atoms with Crippen LogP contribution in [0.15, 0.2) is 0 Å². The molecule has 0 saturated heterocycles. The first-order chi connectivity index (χ1) is 13.1. The van der Waals surface area contributed by atoms with Crippen LogP contribution in [0.5, 0.6) is 0 Å². The molecule has 0 radical (unpaired) electrons. The van der Waals surface area contributed by atoms with E-state index in [1.165, 1.54) is 0 Å². The van der Waals surface area contributed by atoms with Crippen LogP contribution in [-0.2, 0) is 28.5 Å². The number of Topliss-reactive ketones (excluding diaryl/α,β-unsaturated/α-hetero) is 1. The average Bonchev–Trinajstić information content (AvgIpc) is 2.64. The Bertz CT molecular complexity index is 368. The maximum absolute atomic E-state index is 11.8. The number of unbranched alkanes of at least 4 members (excludes halogenated alkanes) is 1. The molecule has 27 heavy (non-hydrogen) atoms. The first kappa shape index (κ1) is 25.9. The standard InChI is InChI=1S/C19H38N2O6/c1-17(5-3-4-7-20)19(23)21-8-10-25-12-14-27-16-15-26-13-11-24-9-6-18(2)22/h17H,3-16,20H2,1-2H3,(H,21,23)/t17-/m0/s1. The Kier molecular flexibility index (Phi) is 18.9. The maximum Gasteiger partial charge on any atom is 0.222 e. The van der Waals surface area contributed by atoms with Crippen LogP contribution in [0.25, 0.3) is 0 Å². The Labute approximate surface area is 163 Å². The Hall–Kier alpha value is -1.06. The lowest BCUT2D eigenvalue weighted by atomic mass is 10.0. The smallest absolute Gasteiger partial charge is 0.222 e. The number of carbonyl (C=O) groups is 2. The number of rotatable bonds is 20. The molecule has 0 aliphatic rings. The fourth-order valence-electron chi connectivity index (χ4n) is 2.12. The van der Waals surface area contributed by atoms with Gasteiger partial charge in [0.25, 0.3) is 0 Å². The molecule has 0 bridgehead atoms. The molecule has 0 rings (SSSR count). The van der Waals surface area contributed by atoms with Gasteiger partial charge in [0.2, 0.25) is 5.91 Å². The van der Waals surface area contributed by atoms with Gasteiger partial charge < -0.3 is 30.0 Å². The summed E-state index contributed by atoms with van der Waals surface area (Å²) in [4.78, 5) is 22.5. The zero-order valence-corrected chi connectivity index (χ0v) is 17.0. The number of ketones is 1. The fourth-order valence-corrected chi connectivity index (χ4v) is 2.12. The molecule has 0 aliphatic carbocycles. The summed E-state index contributed by atoms with van der Waals surface area (Å²) in [5.41, 5.74) is 5.44. The summed E-state index contributed by atoms with van der Waals surface area (Å²) >= 11 is 0. The second kappa shape index (κ2) is 19.7. The highest BCUT2D eigenvalue weighted by Crippen LogP contribution is 2.06. The minimum Gasteiger partial charge on any atom is -0.379 e. The quantitative estimate of drug-likeness (QED) is 0.297. The minimum atomic E-state index is 0.0134. The second-order valence-corrected chi connectivity index (χ2v) is 6.38. The average molecular weight is 391 g/mol. The molecule has 0 aromatic rings. The van der Waals surface area contributed by atoms with Crippen LogP contribution >= 0.6 is 0 Å². The van der Waals surface area contributed by atoms with Gasteiger partial charge in [-0.3, -0.25) is 9.59 Å². The number of hydrogen-bond acceptors (Lipinski definition) is 7. The van der Waals surface area contributed by atoms with Crippen molar-refractivity contribution < 1.29 is 28.5 Å². The predicted octanol–water partition coefficient (Wildman–Crippen LogP) is 0.913. The third-order valence-corrected chi connectivity index (χ3v) is 3.80.